The SMILES string of the molecule is COc1cc(OC)c(CN2CCN(Cc3ccccc3)C(CCO)C2)c(OC)c1. The van der Waals surface area contributed by atoms with Crippen LogP contribution in [0.1, 0.15) is 17.5 Å². The summed E-state index contributed by atoms with van der Waals surface area (Å²) in [5.41, 5.74) is 2.33. The van der Waals surface area contributed by atoms with Crippen LogP contribution in [0.4, 0.5) is 0 Å². The normalized spacial score (nSPS) is 17.9. The number of aliphatic hydroxyl groups is 1. The van der Waals surface area contributed by atoms with Gasteiger partial charge in [-0.25, -0.2) is 0 Å². The van der Waals surface area contributed by atoms with Crippen molar-refractivity contribution in [3.63, 3.8) is 0 Å². The molecule has 2 aromatic carbocycles. The molecule has 1 saturated heterocycles. The average molecular weight is 401 g/mol. The van der Waals surface area contributed by atoms with Crippen LogP contribution in [0.3, 0.4) is 0 Å². The highest BCUT2D eigenvalue weighted by molar-refractivity contribution is 5.50. The maximum absolute atomic E-state index is 9.60. The fourth-order valence-electron chi connectivity index (χ4n) is 4.01. The molecule has 1 N–H and O–H groups in total. The van der Waals surface area contributed by atoms with Gasteiger partial charge in [0.25, 0.3) is 0 Å². The lowest BCUT2D eigenvalue weighted by molar-refractivity contribution is 0.0492. The molecular formula is C23H32N2O4. The van der Waals surface area contributed by atoms with Crippen LogP contribution in [0.25, 0.3) is 0 Å². The van der Waals surface area contributed by atoms with E-state index in [1.165, 1.54) is 5.56 Å². The van der Waals surface area contributed by atoms with Crippen molar-refractivity contribution in [1.82, 2.24) is 9.80 Å². The van der Waals surface area contributed by atoms with Crippen LogP contribution in [0.2, 0.25) is 0 Å². The predicted molar refractivity (Wildman–Crippen MR) is 114 cm³/mol. The Bertz CT molecular complexity index is 744. The van der Waals surface area contributed by atoms with Crippen LogP contribution in [0.5, 0.6) is 17.2 Å². The third kappa shape index (κ3) is 5.41. The molecule has 0 saturated carbocycles. The van der Waals surface area contributed by atoms with Gasteiger partial charge < -0.3 is 19.3 Å². The summed E-state index contributed by atoms with van der Waals surface area (Å²) in [5, 5.41) is 9.60. The molecule has 1 atom stereocenters. The van der Waals surface area contributed by atoms with Gasteiger partial charge in [-0.15, -0.1) is 0 Å². The Morgan fingerprint density at radius 2 is 1.62 bits per heavy atom. The number of rotatable bonds is 9. The van der Waals surface area contributed by atoms with Crippen molar-refractivity contribution in [3.05, 3.63) is 53.6 Å². The maximum Gasteiger partial charge on any atom is 0.130 e. The maximum atomic E-state index is 9.60. The third-order valence-electron chi connectivity index (χ3n) is 5.58. The monoisotopic (exact) mass is 400 g/mol. The zero-order valence-corrected chi connectivity index (χ0v) is 17.6. The van der Waals surface area contributed by atoms with Gasteiger partial charge in [0.15, 0.2) is 0 Å². The largest absolute Gasteiger partial charge is 0.496 e. The topological polar surface area (TPSA) is 54.4 Å². The minimum absolute atomic E-state index is 0.193. The molecule has 1 aliphatic rings. The summed E-state index contributed by atoms with van der Waals surface area (Å²) in [5.74, 6) is 2.26. The molecule has 3 rings (SSSR count). The van der Waals surface area contributed by atoms with E-state index < -0.39 is 0 Å². The molecule has 0 aromatic heterocycles. The predicted octanol–water partition coefficient (Wildman–Crippen LogP) is 2.78. The summed E-state index contributed by atoms with van der Waals surface area (Å²) in [6.07, 6.45) is 0.764. The van der Waals surface area contributed by atoms with Gasteiger partial charge in [-0.1, -0.05) is 30.3 Å². The van der Waals surface area contributed by atoms with E-state index in [0.29, 0.717) is 11.8 Å². The molecule has 6 heteroatoms. The van der Waals surface area contributed by atoms with Gasteiger partial charge >= 0.3 is 0 Å². The molecule has 0 amide bonds. The van der Waals surface area contributed by atoms with Crippen LogP contribution < -0.4 is 14.2 Å². The zero-order valence-electron chi connectivity index (χ0n) is 17.6. The Labute approximate surface area is 173 Å². The number of methoxy groups -OCH3 is 3. The Hall–Kier alpha value is -2.28. The van der Waals surface area contributed by atoms with Crippen molar-refractivity contribution in [2.45, 2.75) is 25.6 Å². The highest BCUT2D eigenvalue weighted by Gasteiger charge is 2.28. The Morgan fingerprint density at radius 1 is 0.931 bits per heavy atom. The zero-order chi connectivity index (χ0) is 20.6. The number of aliphatic hydroxyl groups excluding tert-OH is 1. The fourth-order valence-corrected chi connectivity index (χ4v) is 4.01. The molecule has 0 bridgehead atoms. The molecule has 2 aromatic rings. The highest BCUT2D eigenvalue weighted by Crippen LogP contribution is 2.35. The molecule has 1 unspecified atom stereocenters. The van der Waals surface area contributed by atoms with Crippen LogP contribution >= 0.6 is 0 Å². The summed E-state index contributed by atoms with van der Waals surface area (Å²) in [7, 11) is 4.98. The van der Waals surface area contributed by atoms with Crippen molar-refractivity contribution in [3.8, 4) is 17.2 Å². The van der Waals surface area contributed by atoms with Gasteiger partial charge in [-0.2, -0.15) is 0 Å². The Kier molecular flexibility index (Phi) is 7.75. The van der Waals surface area contributed by atoms with E-state index in [1.807, 2.05) is 18.2 Å². The first-order valence-corrected chi connectivity index (χ1v) is 10.1. The molecule has 29 heavy (non-hydrogen) atoms. The van der Waals surface area contributed by atoms with Crippen LogP contribution in [-0.4, -0.2) is 68.5 Å². The van der Waals surface area contributed by atoms with Gasteiger partial charge in [0.1, 0.15) is 17.2 Å². The lowest BCUT2D eigenvalue weighted by Gasteiger charge is -2.41. The van der Waals surface area contributed by atoms with Gasteiger partial charge in [0, 0.05) is 57.5 Å². The summed E-state index contributed by atoms with van der Waals surface area (Å²) in [4.78, 5) is 4.89. The molecule has 1 heterocycles. The van der Waals surface area contributed by atoms with Gasteiger partial charge in [0.05, 0.1) is 26.9 Å². The molecule has 158 valence electrons. The number of ether oxygens (including phenoxy) is 3. The van der Waals surface area contributed by atoms with Crippen LogP contribution in [0.15, 0.2) is 42.5 Å². The summed E-state index contributed by atoms with van der Waals surface area (Å²) >= 11 is 0. The quantitative estimate of drug-likeness (QED) is 0.699. The summed E-state index contributed by atoms with van der Waals surface area (Å²) in [6, 6.07) is 14.6. The second kappa shape index (κ2) is 10.5. The van der Waals surface area contributed by atoms with E-state index in [2.05, 4.69) is 34.1 Å². The fraction of sp³-hybridized carbons (Fsp3) is 0.478. The molecule has 1 aliphatic heterocycles. The number of benzene rings is 2. The summed E-state index contributed by atoms with van der Waals surface area (Å²) in [6.45, 7) is 4.64. The van der Waals surface area contributed by atoms with Crippen molar-refractivity contribution in [2.24, 2.45) is 0 Å². The van der Waals surface area contributed by atoms with E-state index in [0.717, 1.165) is 56.2 Å². The van der Waals surface area contributed by atoms with E-state index in [-0.39, 0.29) is 6.61 Å². The standard InChI is InChI=1S/C23H32N2O4/c1-27-20-13-22(28-2)21(23(14-20)29-3)17-24-10-11-25(19(16-24)9-12-26)15-18-7-5-4-6-8-18/h4-8,13-14,19,26H,9-12,15-17H2,1-3H3. The molecule has 0 spiro atoms. The molecule has 1 fully saturated rings. The smallest absolute Gasteiger partial charge is 0.130 e. The highest BCUT2D eigenvalue weighted by atomic mass is 16.5. The van der Waals surface area contributed by atoms with E-state index in [4.69, 9.17) is 14.2 Å². The lowest BCUT2D eigenvalue weighted by atomic mass is 10.1. The van der Waals surface area contributed by atoms with E-state index in [9.17, 15) is 5.11 Å². The average Bonchev–Trinajstić information content (AvgIpc) is 2.76. The van der Waals surface area contributed by atoms with Gasteiger partial charge in [-0.3, -0.25) is 9.80 Å². The Morgan fingerprint density at radius 3 is 2.21 bits per heavy atom. The van der Waals surface area contributed by atoms with E-state index >= 15 is 0 Å². The minimum Gasteiger partial charge on any atom is -0.496 e. The lowest BCUT2D eigenvalue weighted by Crippen LogP contribution is -2.52. The van der Waals surface area contributed by atoms with Gasteiger partial charge in [-0.05, 0) is 12.0 Å². The second-order valence-corrected chi connectivity index (χ2v) is 7.37. The second-order valence-electron chi connectivity index (χ2n) is 7.37. The molecular weight excluding hydrogens is 368 g/mol. The molecule has 6 nitrogen and oxygen atoms in total. The number of piperazine rings is 1. The first-order chi connectivity index (χ1) is 14.2. The van der Waals surface area contributed by atoms with Crippen molar-refractivity contribution < 1.29 is 19.3 Å². The van der Waals surface area contributed by atoms with Crippen LogP contribution in [-0.2, 0) is 13.1 Å². The first kappa shape index (κ1) is 21.4. The first-order valence-electron chi connectivity index (χ1n) is 10.1. The van der Waals surface area contributed by atoms with Crippen LogP contribution in [0, 0.1) is 0 Å². The van der Waals surface area contributed by atoms with Crippen molar-refractivity contribution in [2.75, 3.05) is 47.6 Å². The number of hydrogen-bond donors (Lipinski definition) is 1. The third-order valence-corrected chi connectivity index (χ3v) is 5.58. The molecule has 0 aliphatic carbocycles. The van der Waals surface area contributed by atoms with Crippen molar-refractivity contribution in [1.29, 1.82) is 0 Å². The number of hydrogen-bond acceptors (Lipinski definition) is 6. The van der Waals surface area contributed by atoms with Gasteiger partial charge in [0.2, 0.25) is 0 Å². The molecule has 0 radical (unpaired) electrons. The van der Waals surface area contributed by atoms with E-state index in [1.54, 1.807) is 21.3 Å². The Balaban J connectivity index is 1.73. The van der Waals surface area contributed by atoms with Crippen molar-refractivity contribution >= 4 is 0 Å². The summed E-state index contributed by atoms with van der Waals surface area (Å²) < 4.78 is 16.6. The minimum atomic E-state index is 0.193. The number of nitrogens with zero attached hydrogens (tertiary/aromatic N) is 2.